The van der Waals surface area contributed by atoms with Crippen LogP contribution in [-0.4, -0.2) is 13.1 Å². The van der Waals surface area contributed by atoms with E-state index in [0.29, 0.717) is 0 Å². The predicted molar refractivity (Wildman–Crippen MR) is 73.9 cm³/mol. The first-order valence-corrected chi connectivity index (χ1v) is 7.03. The standard InChI is InChI=1S/C16H24N/c1-3-8-15(9-4-1)10-5-2-6-11-16-12-7-13-17-14-16/h1,3-4,8-9,12,16-17H,2,5-7,10-11,13-14H2. The maximum atomic E-state index is 3.47. The Balaban J connectivity index is 1.51. The van der Waals surface area contributed by atoms with Crippen LogP contribution in [0.1, 0.15) is 37.7 Å². The van der Waals surface area contributed by atoms with Crippen molar-refractivity contribution in [1.29, 1.82) is 0 Å². The fourth-order valence-electron chi connectivity index (χ4n) is 2.57. The zero-order valence-electron chi connectivity index (χ0n) is 10.7. The van der Waals surface area contributed by atoms with Crippen LogP contribution in [0.25, 0.3) is 0 Å². The second-order valence-corrected chi connectivity index (χ2v) is 5.07. The van der Waals surface area contributed by atoms with Crippen LogP contribution in [0.5, 0.6) is 0 Å². The lowest BCUT2D eigenvalue weighted by molar-refractivity contribution is 0.422. The maximum Gasteiger partial charge on any atom is -0.00178 e. The molecule has 1 nitrogen and oxygen atoms in total. The van der Waals surface area contributed by atoms with Crippen LogP contribution >= 0.6 is 0 Å². The lowest BCUT2D eigenvalue weighted by atomic mass is 9.93. The highest BCUT2D eigenvalue weighted by Gasteiger charge is 2.11. The molecule has 1 heteroatoms. The SMILES string of the molecule is [CH]1CCNCC1CCCCCc1ccccc1. The van der Waals surface area contributed by atoms with Crippen molar-refractivity contribution in [3.63, 3.8) is 0 Å². The molecule has 1 heterocycles. The molecule has 1 saturated heterocycles. The van der Waals surface area contributed by atoms with Crippen molar-refractivity contribution in [3.05, 3.63) is 42.3 Å². The van der Waals surface area contributed by atoms with Gasteiger partial charge in [0.15, 0.2) is 0 Å². The Morgan fingerprint density at radius 1 is 1.06 bits per heavy atom. The molecule has 1 radical (unpaired) electrons. The average molecular weight is 230 g/mol. The number of hydrogen-bond donors (Lipinski definition) is 1. The Hall–Kier alpha value is -0.820. The lowest BCUT2D eigenvalue weighted by Crippen LogP contribution is -2.30. The molecule has 1 atom stereocenters. The number of piperidine rings is 1. The first kappa shape index (κ1) is 12.6. The molecule has 1 fully saturated rings. The molecule has 93 valence electrons. The van der Waals surface area contributed by atoms with Gasteiger partial charge in [0, 0.05) is 0 Å². The predicted octanol–water partition coefficient (Wildman–Crippen LogP) is 3.60. The highest BCUT2D eigenvalue weighted by Crippen LogP contribution is 2.17. The van der Waals surface area contributed by atoms with Crippen molar-refractivity contribution in [1.82, 2.24) is 5.32 Å². The van der Waals surface area contributed by atoms with Crippen molar-refractivity contribution >= 4 is 0 Å². The number of benzene rings is 1. The molecule has 1 aliphatic heterocycles. The average Bonchev–Trinajstić information content (AvgIpc) is 2.41. The zero-order valence-corrected chi connectivity index (χ0v) is 10.7. The second-order valence-electron chi connectivity index (χ2n) is 5.07. The van der Waals surface area contributed by atoms with Gasteiger partial charge in [-0.15, -0.1) is 0 Å². The highest BCUT2D eigenvalue weighted by molar-refractivity contribution is 5.14. The molecule has 1 aromatic rings. The minimum atomic E-state index is 0.834. The summed E-state index contributed by atoms with van der Waals surface area (Å²) in [5.41, 5.74) is 1.48. The van der Waals surface area contributed by atoms with Gasteiger partial charge in [0.05, 0.1) is 0 Å². The van der Waals surface area contributed by atoms with Crippen LogP contribution in [0, 0.1) is 12.3 Å². The van der Waals surface area contributed by atoms with Gasteiger partial charge in [-0.25, -0.2) is 0 Å². The van der Waals surface area contributed by atoms with E-state index in [4.69, 9.17) is 0 Å². The molecule has 0 amide bonds. The Kier molecular flexibility index (Phi) is 5.57. The van der Waals surface area contributed by atoms with Gasteiger partial charge in [-0.3, -0.25) is 0 Å². The summed E-state index contributed by atoms with van der Waals surface area (Å²) < 4.78 is 0. The molecule has 1 unspecified atom stereocenters. The smallest absolute Gasteiger partial charge is 0.00178 e. The van der Waals surface area contributed by atoms with E-state index in [0.717, 1.165) is 5.92 Å². The van der Waals surface area contributed by atoms with Crippen molar-refractivity contribution in [2.75, 3.05) is 13.1 Å². The Morgan fingerprint density at radius 2 is 1.94 bits per heavy atom. The van der Waals surface area contributed by atoms with E-state index in [1.54, 1.807) is 0 Å². The van der Waals surface area contributed by atoms with E-state index in [1.165, 1.54) is 57.2 Å². The summed E-state index contributed by atoms with van der Waals surface area (Å²) in [5.74, 6) is 0.834. The number of aryl methyl sites for hydroxylation is 1. The van der Waals surface area contributed by atoms with Gasteiger partial charge in [-0.1, -0.05) is 43.2 Å². The minimum absolute atomic E-state index is 0.834. The Morgan fingerprint density at radius 3 is 2.71 bits per heavy atom. The van der Waals surface area contributed by atoms with Crippen molar-refractivity contribution < 1.29 is 0 Å². The van der Waals surface area contributed by atoms with Gasteiger partial charge in [0.2, 0.25) is 0 Å². The van der Waals surface area contributed by atoms with E-state index in [1.807, 2.05) is 0 Å². The van der Waals surface area contributed by atoms with Gasteiger partial charge < -0.3 is 5.32 Å². The normalized spacial score (nSPS) is 20.4. The Labute approximate surface area is 106 Å². The fourth-order valence-corrected chi connectivity index (χ4v) is 2.57. The molecule has 0 spiro atoms. The van der Waals surface area contributed by atoms with Crippen LogP contribution in [0.4, 0.5) is 0 Å². The Bertz CT molecular complexity index is 288. The summed E-state index contributed by atoms with van der Waals surface area (Å²) in [5, 5.41) is 3.47. The topological polar surface area (TPSA) is 12.0 Å². The number of nitrogens with one attached hydrogen (secondary N) is 1. The summed E-state index contributed by atoms with van der Waals surface area (Å²) in [4.78, 5) is 0. The molecule has 2 rings (SSSR count). The highest BCUT2D eigenvalue weighted by atomic mass is 14.9. The minimum Gasteiger partial charge on any atom is -0.316 e. The van der Waals surface area contributed by atoms with Crippen LogP contribution in [-0.2, 0) is 6.42 Å². The van der Waals surface area contributed by atoms with Crippen LogP contribution < -0.4 is 5.32 Å². The third-order valence-electron chi connectivity index (χ3n) is 3.61. The van der Waals surface area contributed by atoms with E-state index in [9.17, 15) is 0 Å². The van der Waals surface area contributed by atoms with Crippen LogP contribution in [0.2, 0.25) is 0 Å². The van der Waals surface area contributed by atoms with Crippen LogP contribution in [0.15, 0.2) is 30.3 Å². The van der Waals surface area contributed by atoms with Gasteiger partial charge in [0.1, 0.15) is 0 Å². The summed E-state index contributed by atoms with van der Waals surface area (Å²) in [6.45, 7) is 2.39. The third-order valence-corrected chi connectivity index (χ3v) is 3.61. The van der Waals surface area contributed by atoms with E-state index in [-0.39, 0.29) is 0 Å². The monoisotopic (exact) mass is 230 g/mol. The van der Waals surface area contributed by atoms with Crippen molar-refractivity contribution in [2.45, 2.75) is 38.5 Å². The summed E-state index contributed by atoms with van der Waals surface area (Å²) in [6, 6.07) is 10.8. The van der Waals surface area contributed by atoms with Gasteiger partial charge in [0.25, 0.3) is 0 Å². The summed E-state index contributed by atoms with van der Waals surface area (Å²) >= 11 is 0. The molecular weight excluding hydrogens is 206 g/mol. The third kappa shape index (κ3) is 4.91. The lowest BCUT2D eigenvalue weighted by Gasteiger charge is -2.22. The first-order chi connectivity index (χ1) is 8.45. The van der Waals surface area contributed by atoms with Crippen molar-refractivity contribution in [3.8, 4) is 0 Å². The summed E-state index contributed by atoms with van der Waals surface area (Å²) in [6.07, 6.45) is 10.5. The quantitative estimate of drug-likeness (QED) is 0.736. The van der Waals surface area contributed by atoms with Gasteiger partial charge in [-0.2, -0.15) is 0 Å². The van der Waals surface area contributed by atoms with Gasteiger partial charge in [-0.05, 0) is 56.7 Å². The molecule has 0 bridgehead atoms. The van der Waals surface area contributed by atoms with Gasteiger partial charge >= 0.3 is 0 Å². The zero-order chi connectivity index (χ0) is 11.8. The largest absolute Gasteiger partial charge is 0.316 e. The molecule has 1 aliphatic rings. The van der Waals surface area contributed by atoms with Crippen molar-refractivity contribution in [2.24, 2.45) is 5.92 Å². The van der Waals surface area contributed by atoms with Crippen LogP contribution in [0.3, 0.4) is 0 Å². The number of unbranched alkanes of at least 4 members (excludes halogenated alkanes) is 2. The van der Waals surface area contributed by atoms with E-state index < -0.39 is 0 Å². The fraction of sp³-hybridized carbons (Fsp3) is 0.562. The molecule has 1 N–H and O–H groups in total. The molecule has 17 heavy (non-hydrogen) atoms. The number of hydrogen-bond acceptors (Lipinski definition) is 1. The molecule has 0 aromatic heterocycles. The number of rotatable bonds is 6. The van der Waals surface area contributed by atoms with E-state index >= 15 is 0 Å². The van der Waals surface area contributed by atoms with E-state index in [2.05, 4.69) is 42.1 Å². The molecule has 0 saturated carbocycles. The molecule has 0 aliphatic carbocycles. The summed E-state index contributed by atoms with van der Waals surface area (Å²) in [7, 11) is 0. The maximum absolute atomic E-state index is 3.47. The first-order valence-electron chi connectivity index (χ1n) is 7.03. The second kappa shape index (κ2) is 7.50. The molecule has 1 aromatic carbocycles. The molecular formula is C16H24N.